The van der Waals surface area contributed by atoms with Crippen molar-refractivity contribution in [2.75, 3.05) is 25.6 Å². The molecule has 2 aromatic heterocycles. The third-order valence-electron chi connectivity index (χ3n) is 3.63. The number of anilines is 1. The normalized spacial score (nSPS) is 11.2. The molecule has 5 nitrogen and oxygen atoms in total. The number of nitrogens with one attached hydrogen (secondary N) is 1. The minimum Gasteiger partial charge on any atom is -0.383 e. The molecule has 0 spiro atoms. The third-order valence-corrected chi connectivity index (χ3v) is 3.63. The van der Waals surface area contributed by atoms with Crippen molar-refractivity contribution >= 4 is 16.6 Å². The fourth-order valence-electron chi connectivity index (χ4n) is 2.50. The molecule has 0 aliphatic carbocycles. The van der Waals surface area contributed by atoms with E-state index in [9.17, 15) is 13.2 Å². The van der Waals surface area contributed by atoms with E-state index in [0.717, 1.165) is 6.07 Å². The number of pyridine rings is 1. The van der Waals surface area contributed by atoms with Gasteiger partial charge in [-0.2, -0.15) is 5.10 Å². The first-order valence-electron chi connectivity index (χ1n) is 7.21. The summed E-state index contributed by atoms with van der Waals surface area (Å²) in [5.41, 5.74) is 1.09. The molecule has 0 fully saturated rings. The van der Waals surface area contributed by atoms with E-state index in [-0.39, 0.29) is 16.6 Å². The van der Waals surface area contributed by atoms with Crippen LogP contribution in [-0.4, -0.2) is 35.0 Å². The Hall–Kier alpha value is -2.61. The Morgan fingerprint density at radius 3 is 2.67 bits per heavy atom. The SMILES string of the molecule is COCCNc1ncc(-c2cnn(C)c2)c2cc(F)c(F)c(F)c12. The van der Waals surface area contributed by atoms with Gasteiger partial charge in [0.2, 0.25) is 0 Å². The van der Waals surface area contributed by atoms with Gasteiger partial charge in [-0.1, -0.05) is 0 Å². The summed E-state index contributed by atoms with van der Waals surface area (Å²) in [6.45, 7) is 0.710. The average Bonchev–Trinajstić information content (AvgIpc) is 2.99. The number of aromatic nitrogens is 3. The second-order valence-corrected chi connectivity index (χ2v) is 5.25. The van der Waals surface area contributed by atoms with E-state index in [1.165, 1.54) is 13.3 Å². The average molecular weight is 336 g/mol. The van der Waals surface area contributed by atoms with E-state index in [1.807, 2.05) is 0 Å². The molecule has 0 saturated heterocycles. The molecule has 24 heavy (non-hydrogen) atoms. The molecule has 0 bridgehead atoms. The number of hydrogen-bond acceptors (Lipinski definition) is 4. The summed E-state index contributed by atoms with van der Waals surface area (Å²) in [7, 11) is 3.25. The number of ether oxygens (including phenoxy) is 1. The number of rotatable bonds is 5. The van der Waals surface area contributed by atoms with Gasteiger partial charge in [0.1, 0.15) is 5.82 Å². The van der Waals surface area contributed by atoms with E-state index in [4.69, 9.17) is 4.74 Å². The molecule has 1 N–H and O–H groups in total. The summed E-state index contributed by atoms with van der Waals surface area (Å²) >= 11 is 0. The molecule has 2 heterocycles. The third kappa shape index (κ3) is 2.80. The Morgan fingerprint density at radius 1 is 1.21 bits per heavy atom. The van der Waals surface area contributed by atoms with Gasteiger partial charge in [-0.25, -0.2) is 18.2 Å². The van der Waals surface area contributed by atoms with Crippen LogP contribution in [0.3, 0.4) is 0 Å². The van der Waals surface area contributed by atoms with E-state index >= 15 is 0 Å². The molecule has 0 unspecified atom stereocenters. The second kappa shape index (κ2) is 6.48. The first-order valence-corrected chi connectivity index (χ1v) is 7.21. The van der Waals surface area contributed by atoms with Crippen molar-refractivity contribution in [1.29, 1.82) is 0 Å². The van der Waals surface area contributed by atoms with Gasteiger partial charge in [0.05, 0.1) is 18.2 Å². The van der Waals surface area contributed by atoms with Gasteiger partial charge in [0, 0.05) is 49.6 Å². The molecule has 0 saturated carbocycles. The number of benzene rings is 1. The summed E-state index contributed by atoms with van der Waals surface area (Å²) in [6, 6.07) is 0.971. The van der Waals surface area contributed by atoms with Crippen molar-refractivity contribution in [2.45, 2.75) is 0 Å². The zero-order valence-electron chi connectivity index (χ0n) is 13.1. The molecule has 0 radical (unpaired) electrons. The van der Waals surface area contributed by atoms with Gasteiger partial charge in [-0.3, -0.25) is 4.68 Å². The van der Waals surface area contributed by atoms with E-state index < -0.39 is 17.5 Å². The van der Waals surface area contributed by atoms with E-state index in [1.54, 1.807) is 24.1 Å². The van der Waals surface area contributed by atoms with Gasteiger partial charge in [-0.15, -0.1) is 0 Å². The van der Waals surface area contributed by atoms with Crippen LogP contribution >= 0.6 is 0 Å². The molecular formula is C16H15F3N4O. The van der Waals surface area contributed by atoms with Crippen LogP contribution in [-0.2, 0) is 11.8 Å². The maximum atomic E-state index is 14.4. The predicted molar refractivity (Wildman–Crippen MR) is 84.2 cm³/mol. The van der Waals surface area contributed by atoms with Gasteiger partial charge in [0.15, 0.2) is 17.5 Å². The summed E-state index contributed by atoms with van der Waals surface area (Å²) in [4.78, 5) is 4.16. The summed E-state index contributed by atoms with van der Waals surface area (Å²) in [5, 5.41) is 7.03. The summed E-state index contributed by atoms with van der Waals surface area (Å²) in [6.07, 6.45) is 4.71. The highest BCUT2D eigenvalue weighted by Gasteiger charge is 2.20. The van der Waals surface area contributed by atoms with Crippen molar-refractivity contribution in [2.24, 2.45) is 7.05 Å². The summed E-state index contributed by atoms with van der Waals surface area (Å²) < 4.78 is 48.3. The maximum absolute atomic E-state index is 14.4. The quantitative estimate of drug-likeness (QED) is 0.575. The lowest BCUT2D eigenvalue weighted by atomic mass is 10.0. The standard InChI is InChI=1S/C16H15F3N4O/c1-23-8-9(6-22-23)11-7-21-16(20-3-4-24-2)13-10(11)5-12(17)14(18)15(13)19/h5-8H,3-4H2,1-2H3,(H,20,21). The fourth-order valence-corrected chi connectivity index (χ4v) is 2.50. The number of hydrogen-bond donors (Lipinski definition) is 1. The zero-order valence-corrected chi connectivity index (χ0v) is 13.1. The van der Waals surface area contributed by atoms with Crippen molar-refractivity contribution in [3.8, 4) is 11.1 Å². The second-order valence-electron chi connectivity index (χ2n) is 5.25. The smallest absolute Gasteiger partial charge is 0.195 e. The van der Waals surface area contributed by atoms with Gasteiger partial charge in [0.25, 0.3) is 0 Å². The molecule has 0 aliphatic heterocycles. The largest absolute Gasteiger partial charge is 0.383 e. The van der Waals surface area contributed by atoms with Crippen LogP contribution in [0, 0.1) is 17.5 Å². The lowest BCUT2D eigenvalue weighted by Gasteiger charge is -2.13. The molecule has 126 valence electrons. The Labute approximate surface area is 136 Å². The lowest BCUT2D eigenvalue weighted by Crippen LogP contribution is -2.10. The highest BCUT2D eigenvalue weighted by atomic mass is 19.2. The van der Waals surface area contributed by atoms with Crippen LogP contribution in [0.5, 0.6) is 0 Å². The topological polar surface area (TPSA) is 52.0 Å². The number of fused-ring (bicyclic) bond motifs is 1. The number of halogens is 3. The minimum absolute atomic E-state index is 0.105. The summed E-state index contributed by atoms with van der Waals surface area (Å²) in [5.74, 6) is -3.92. The molecule has 3 aromatic rings. The van der Waals surface area contributed by atoms with Crippen LogP contribution in [0.2, 0.25) is 0 Å². The molecule has 0 amide bonds. The lowest BCUT2D eigenvalue weighted by molar-refractivity contribution is 0.210. The van der Waals surface area contributed by atoms with Crippen LogP contribution in [0.1, 0.15) is 0 Å². The number of aryl methyl sites for hydroxylation is 1. The number of methoxy groups -OCH3 is 1. The van der Waals surface area contributed by atoms with Crippen molar-refractivity contribution in [3.05, 3.63) is 42.1 Å². The van der Waals surface area contributed by atoms with Crippen molar-refractivity contribution in [1.82, 2.24) is 14.8 Å². The molecule has 0 atom stereocenters. The van der Waals surface area contributed by atoms with Gasteiger partial charge in [-0.05, 0) is 6.07 Å². The van der Waals surface area contributed by atoms with Gasteiger partial charge >= 0.3 is 0 Å². The Morgan fingerprint density at radius 2 is 2.00 bits per heavy atom. The first kappa shape index (κ1) is 16.3. The Kier molecular flexibility index (Phi) is 4.39. The zero-order chi connectivity index (χ0) is 17.3. The van der Waals surface area contributed by atoms with Crippen LogP contribution in [0.15, 0.2) is 24.7 Å². The van der Waals surface area contributed by atoms with E-state index in [0.29, 0.717) is 24.3 Å². The monoisotopic (exact) mass is 336 g/mol. The van der Waals surface area contributed by atoms with Crippen LogP contribution < -0.4 is 5.32 Å². The van der Waals surface area contributed by atoms with Crippen LogP contribution in [0.25, 0.3) is 21.9 Å². The minimum atomic E-state index is -1.53. The van der Waals surface area contributed by atoms with Gasteiger partial charge < -0.3 is 10.1 Å². The molecule has 3 rings (SSSR count). The maximum Gasteiger partial charge on any atom is 0.195 e. The van der Waals surface area contributed by atoms with Crippen molar-refractivity contribution in [3.63, 3.8) is 0 Å². The molecule has 8 heteroatoms. The molecule has 1 aromatic carbocycles. The first-order chi connectivity index (χ1) is 11.5. The number of nitrogens with zero attached hydrogens (tertiary/aromatic N) is 3. The highest BCUT2D eigenvalue weighted by Crippen LogP contribution is 2.35. The molecular weight excluding hydrogens is 321 g/mol. The molecule has 0 aliphatic rings. The highest BCUT2D eigenvalue weighted by molar-refractivity contribution is 6.02. The fraction of sp³-hybridized carbons (Fsp3) is 0.250. The van der Waals surface area contributed by atoms with Crippen molar-refractivity contribution < 1.29 is 17.9 Å². The predicted octanol–water partition coefficient (Wildman–Crippen LogP) is 3.11. The Balaban J connectivity index is 2.23. The van der Waals surface area contributed by atoms with E-state index in [2.05, 4.69) is 15.4 Å². The van der Waals surface area contributed by atoms with Crippen LogP contribution in [0.4, 0.5) is 19.0 Å². The Bertz CT molecular complexity index is 895.